The average molecular weight is 707 g/mol. The van der Waals surface area contributed by atoms with Crippen molar-refractivity contribution in [1.29, 1.82) is 0 Å². The summed E-state index contributed by atoms with van der Waals surface area (Å²) >= 11 is 0. The first-order valence-corrected chi connectivity index (χ1v) is 16.5. The Morgan fingerprint density at radius 1 is 0.521 bits per heavy atom. The summed E-state index contributed by atoms with van der Waals surface area (Å²) in [5, 5.41) is 0. The van der Waals surface area contributed by atoms with Crippen LogP contribution in [-0.4, -0.2) is 96.6 Å². The number of ether oxygens (including phenoxy) is 2. The van der Waals surface area contributed by atoms with Gasteiger partial charge in [-0.1, -0.05) is 109 Å². The number of carbonyl (C=O) groups is 2. The minimum absolute atomic E-state index is 0. The molecule has 5 aromatic carbocycles. The summed E-state index contributed by atoms with van der Waals surface area (Å²) in [4.78, 5) is 23.7. The van der Waals surface area contributed by atoms with Gasteiger partial charge >= 0.3 is 59.1 Å². The maximum atomic E-state index is 12.7. The van der Waals surface area contributed by atoms with Crippen LogP contribution in [0.25, 0.3) is 0 Å². The van der Waals surface area contributed by atoms with Gasteiger partial charge in [0.15, 0.2) is 23.1 Å². The van der Waals surface area contributed by atoms with E-state index in [4.69, 9.17) is 9.47 Å². The zero-order valence-electron chi connectivity index (χ0n) is 23.9. The van der Waals surface area contributed by atoms with E-state index in [1.807, 2.05) is 0 Å². The van der Waals surface area contributed by atoms with E-state index in [0.29, 0.717) is 39.4 Å². The second-order valence-electron chi connectivity index (χ2n) is 10.1. The SMILES string of the molecule is O=C(c1ccccc1)c1ccc(COc2cc(S(=O)(=O)O)cc(S(=O)(=O)O)c2OCc2ccc(C(=O)c3ccccc3)cc2)cc1.[NaH].[NaH]. The van der Waals surface area contributed by atoms with E-state index in [2.05, 4.69) is 0 Å². The molecule has 5 aromatic rings. The van der Waals surface area contributed by atoms with Crippen LogP contribution < -0.4 is 9.47 Å². The fourth-order valence-electron chi connectivity index (χ4n) is 4.48. The monoisotopic (exact) mass is 706 g/mol. The van der Waals surface area contributed by atoms with Gasteiger partial charge in [-0.15, -0.1) is 0 Å². The normalized spacial score (nSPS) is 11.0. The number of hydrogen-bond donors (Lipinski definition) is 2. The van der Waals surface area contributed by atoms with Crippen LogP contribution in [0.5, 0.6) is 11.5 Å². The van der Waals surface area contributed by atoms with Gasteiger partial charge in [-0.05, 0) is 17.2 Å². The van der Waals surface area contributed by atoms with E-state index >= 15 is 0 Å². The molecule has 0 fully saturated rings. The number of ketones is 2. The molecule has 0 unspecified atom stereocenters. The van der Waals surface area contributed by atoms with Crippen LogP contribution in [0.15, 0.2) is 131 Å². The molecule has 10 nitrogen and oxygen atoms in total. The zero-order chi connectivity index (χ0) is 32.9. The first-order valence-electron chi connectivity index (χ1n) is 13.7. The molecule has 0 saturated heterocycles. The van der Waals surface area contributed by atoms with Gasteiger partial charge in [0.25, 0.3) is 20.2 Å². The van der Waals surface area contributed by atoms with E-state index in [1.54, 1.807) is 109 Å². The third-order valence-electron chi connectivity index (χ3n) is 6.85. The summed E-state index contributed by atoms with van der Waals surface area (Å²) in [5.41, 5.74) is 2.87. The van der Waals surface area contributed by atoms with Gasteiger partial charge in [0.1, 0.15) is 18.1 Å². The van der Waals surface area contributed by atoms with Gasteiger partial charge in [0.05, 0.1) is 4.90 Å². The van der Waals surface area contributed by atoms with Crippen LogP contribution in [0.1, 0.15) is 43.0 Å². The maximum absolute atomic E-state index is 12.7. The number of benzene rings is 5. The summed E-state index contributed by atoms with van der Waals surface area (Å²) in [5.74, 6) is -1.30. The van der Waals surface area contributed by atoms with Crippen LogP contribution in [0.3, 0.4) is 0 Å². The molecule has 0 bridgehead atoms. The third kappa shape index (κ3) is 9.95. The number of rotatable bonds is 12. The van der Waals surface area contributed by atoms with Gasteiger partial charge in [-0.2, -0.15) is 16.8 Å². The van der Waals surface area contributed by atoms with Gasteiger partial charge < -0.3 is 9.47 Å². The number of carbonyl (C=O) groups excluding carboxylic acids is 2. The molecule has 5 rings (SSSR count). The summed E-state index contributed by atoms with van der Waals surface area (Å²) in [7, 11) is -10.0. The molecule has 0 atom stereocenters. The summed E-state index contributed by atoms with van der Waals surface area (Å²) in [6, 6.07) is 31.5. The summed E-state index contributed by atoms with van der Waals surface area (Å²) in [6.45, 7) is -0.494. The van der Waals surface area contributed by atoms with Crippen LogP contribution in [0.4, 0.5) is 0 Å². The van der Waals surface area contributed by atoms with E-state index in [1.165, 1.54) is 0 Å². The van der Waals surface area contributed by atoms with Gasteiger partial charge in [-0.25, -0.2) is 0 Å². The quantitative estimate of drug-likeness (QED) is 0.107. The molecule has 2 N–H and O–H groups in total. The van der Waals surface area contributed by atoms with Gasteiger partial charge in [0.2, 0.25) is 0 Å². The fourth-order valence-corrected chi connectivity index (χ4v) is 5.74. The van der Waals surface area contributed by atoms with Crippen LogP contribution in [-0.2, 0) is 33.5 Å². The van der Waals surface area contributed by atoms with Crippen molar-refractivity contribution in [2.24, 2.45) is 0 Å². The van der Waals surface area contributed by atoms with Crippen molar-refractivity contribution in [3.05, 3.63) is 155 Å². The molecule has 238 valence electrons. The molecule has 0 aliphatic heterocycles. The second kappa shape index (κ2) is 17.0. The molecule has 0 amide bonds. The molecule has 0 aliphatic carbocycles. The van der Waals surface area contributed by atoms with E-state index in [9.17, 15) is 35.5 Å². The Kier molecular flexibility index (Phi) is 13.9. The first-order chi connectivity index (χ1) is 21.9. The molecule has 0 spiro atoms. The molecule has 0 radical (unpaired) electrons. The zero-order valence-corrected chi connectivity index (χ0v) is 25.6. The first kappa shape index (κ1) is 39.3. The Bertz CT molecular complexity index is 2110. The van der Waals surface area contributed by atoms with E-state index < -0.39 is 41.5 Å². The standard InChI is InChI=1S/C34H26O10S2.2Na.2H/c35-32(25-7-3-1-4-8-25)27-15-11-23(12-16-27)21-43-30-19-29(45(37,38)39)20-31(46(40,41)42)34(30)44-22-24-13-17-28(18-14-24)33(36)26-9-5-2-6-10-26;;;;/h1-20H,21-22H2,(H,37,38,39)(H,40,41,42);;;;. The molecule has 0 aromatic heterocycles. The predicted octanol–water partition coefficient (Wildman–Crippen LogP) is 4.50. The van der Waals surface area contributed by atoms with Crippen molar-refractivity contribution < 1.29 is 45.0 Å². The Balaban J connectivity index is 0.00000312. The molecule has 0 saturated carbocycles. The second-order valence-corrected chi connectivity index (χ2v) is 12.9. The fraction of sp³-hybridized carbons (Fsp3) is 0.0588. The molecule has 14 heteroatoms. The molecular weight excluding hydrogens is 678 g/mol. The average Bonchev–Trinajstić information content (AvgIpc) is 3.06. The molecule has 0 aliphatic rings. The van der Waals surface area contributed by atoms with Crippen LogP contribution >= 0.6 is 0 Å². The summed E-state index contributed by atoms with van der Waals surface area (Å²) in [6.07, 6.45) is 0. The van der Waals surface area contributed by atoms with Crippen LogP contribution in [0.2, 0.25) is 0 Å². The number of hydrogen-bond acceptors (Lipinski definition) is 8. The van der Waals surface area contributed by atoms with Crippen molar-refractivity contribution in [1.82, 2.24) is 0 Å². The van der Waals surface area contributed by atoms with Crippen molar-refractivity contribution >= 4 is 90.9 Å². The third-order valence-corrected chi connectivity index (χ3v) is 8.54. The van der Waals surface area contributed by atoms with Crippen molar-refractivity contribution in [2.45, 2.75) is 23.0 Å². The molecule has 48 heavy (non-hydrogen) atoms. The predicted molar refractivity (Wildman–Crippen MR) is 182 cm³/mol. The van der Waals surface area contributed by atoms with E-state index in [-0.39, 0.29) is 83.9 Å². The Morgan fingerprint density at radius 2 is 0.917 bits per heavy atom. The summed E-state index contributed by atoms with van der Waals surface area (Å²) < 4.78 is 79.7. The van der Waals surface area contributed by atoms with E-state index in [0.717, 1.165) is 6.07 Å². The minimum atomic E-state index is -5.08. The molecular formula is C34H28Na2O10S2. The van der Waals surface area contributed by atoms with Gasteiger partial charge in [0, 0.05) is 28.3 Å². The topological polar surface area (TPSA) is 161 Å². The van der Waals surface area contributed by atoms with Crippen LogP contribution in [0, 0.1) is 0 Å². The van der Waals surface area contributed by atoms with Gasteiger partial charge in [-0.3, -0.25) is 18.7 Å². The Hall–Kier alpha value is -3.14. The Morgan fingerprint density at radius 3 is 1.31 bits per heavy atom. The Labute approximate surface area is 322 Å². The van der Waals surface area contributed by atoms with Crippen molar-refractivity contribution in [3.63, 3.8) is 0 Å². The molecule has 0 heterocycles. The van der Waals surface area contributed by atoms with Crippen molar-refractivity contribution in [2.75, 3.05) is 0 Å². The van der Waals surface area contributed by atoms with Crippen molar-refractivity contribution in [3.8, 4) is 11.5 Å².